The van der Waals surface area contributed by atoms with Crippen LogP contribution in [0.5, 0.6) is 0 Å². The van der Waals surface area contributed by atoms with E-state index in [0.29, 0.717) is 0 Å². The molecular weight excluding hydrogens is 505 g/mol. The minimum atomic E-state index is -4.21. The van der Waals surface area contributed by atoms with Crippen LogP contribution in [0.15, 0.2) is 76.5 Å². The van der Waals surface area contributed by atoms with Gasteiger partial charge in [0.05, 0.1) is 16.3 Å². The molecule has 0 atom stereocenters. The first kappa shape index (κ1) is 25.8. The number of hydrogen-bond donors (Lipinski definition) is 2. The van der Waals surface area contributed by atoms with E-state index in [2.05, 4.69) is 5.32 Å². The van der Waals surface area contributed by atoms with E-state index in [9.17, 15) is 26.0 Å². The molecule has 0 radical (unpaired) electrons. The lowest BCUT2D eigenvalue weighted by Gasteiger charge is -2.23. The second kappa shape index (κ2) is 10.2. The van der Waals surface area contributed by atoms with Crippen molar-refractivity contribution < 1.29 is 26.0 Å². The Morgan fingerprint density at radius 2 is 1.56 bits per heavy atom. The van der Waals surface area contributed by atoms with Crippen molar-refractivity contribution in [1.29, 1.82) is 0 Å². The third kappa shape index (κ3) is 6.19. The van der Waals surface area contributed by atoms with Crippen LogP contribution in [0.3, 0.4) is 0 Å². The number of rotatable bonds is 8. The molecule has 0 saturated carbocycles. The summed E-state index contributed by atoms with van der Waals surface area (Å²) in [5.74, 6) is -1.44. The zero-order valence-electron chi connectivity index (χ0n) is 17.9. The van der Waals surface area contributed by atoms with Crippen LogP contribution in [0.4, 0.5) is 10.1 Å². The number of anilines is 1. The highest BCUT2D eigenvalue weighted by Crippen LogP contribution is 2.25. The van der Waals surface area contributed by atoms with Crippen molar-refractivity contribution in [1.82, 2.24) is 4.31 Å². The van der Waals surface area contributed by atoms with Crippen LogP contribution in [0.1, 0.15) is 11.1 Å². The number of nitrogens with two attached hydrogens (primary N) is 1. The van der Waals surface area contributed by atoms with E-state index in [1.54, 1.807) is 19.1 Å². The van der Waals surface area contributed by atoms with E-state index >= 15 is 0 Å². The summed E-state index contributed by atoms with van der Waals surface area (Å²) in [4.78, 5) is 12.5. The molecule has 3 N–H and O–H groups in total. The summed E-state index contributed by atoms with van der Waals surface area (Å²) in [6.07, 6.45) is 0. The lowest BCUT2D eigenvalue weighted by molar-refractivity contribution is -0.116. The Labute approximate surface area is 202 Å². The third-order valence-electron chi connectivity index (χ3n) is 4.84. The third-order valence-corrected chi connectivity index (χ3v) is 7.93. The van der Waals surface area contributed by atoms with Gasteiger partial charge in [0.2, 0.25) is 26.0 Å². The molecule has 0 unspecified atom stereocenters. The summed E-state index contributed by atoms with van der Waals surface area (Å²) in [5.41, 5.74) is 0.975. The van der Waals surface area contributed by atoms with Crippen molar-refractivity contribution in [2.75, 3.05) is 11.9 Å². The van der Waals surface area contributed by atoms with Crippen LogP contribution in [-0.2, 0) is 31.4 Å². The van der Waals surface area contributed by atoms with Crippen LogP contribution >= 0.6 is 11.6 Å². The van der Waals surface area contributed by atoms with Gasteiger partial charge >= 0.3 is 0 Å². The van der Waals surface area contributed by atoms with E-state index in [0.717, 1.165) is 15.9 Å². The number of nitrogens with one attached hydrogen (secondary N) is 1. The summed E-state index contributed by atoms with van der Waals surface area (Å²) < 4.78 is 64.6. The number of benzene rings is 3. The highest BCUT2D eigenvalue weighted by atomic mass is 35.5. The molecule has 34 heavy (non-hydrogen) atoms. The molecule has 0 bridgehead atoms. The number of carbonyl (C=O) groups excluding carboxylic acids is 1. The molecule has 0 saturated heterocycles. The topological polar surface area (TPSA) is 127 Å². The maximum absolute atomic E-state index is 14.4. The molecule has 0 heterocycles. The maximum atomic E-state index is 14.4. The van der Waals surface area contributed by atoms with E-state index in [1.807, 2.05) is 0 Å². The molecule has 0 aliphatic carbocycles. The number of nitrogens with zero attached hydrogens (tertiary/aromatic N) is 1. The summed E-state index contributed by atoms with van der Waals surface area (Å²) in [7, 11) is -8.12. The molecule has 3 rings (SSSR count). The predicted molar refractivity (Wildman–Crippen MR) is 127 cm³/mol. The molecule has 0 fully saturated rings. The maximum Gasteiger partial charge on any atom is 0.243 e. The first-order valence-corrected chi connectivity index (χ1v) is 13.2. The molecule has 180 valence electrons. The van der Waals surface area contributed by atoms with Crippen LogP contribution < -0.4 is 10.5 Å². The summed E-state index contributed by atoms with van der Waals surface area (Å²) in [6, 6.07) is 15.0. The largest absolute Gasteiger partial charge is 0.325 e. The van der Waals surface area contributed by atoms with E-state index in [-0.39, 0.29) is 26.1 Å². The van der Waals surface area contributed by atoms with Crippen molar-refractivity contribution in [3.05, 3.63) is 88.7 Å². The quantitative estimate of drug-likeness (QED) is 0.466. The highest BCUT2D eigenvalue weighted by Gasteiger charge is 2.28. The fourth-order valence-electron chi connectivity index (χ4n) is 3.03. The summed E-state index contributed by atoms with van der Waals surface area (Å²) in [6.45, 7) is 0.652. The van der Waals surface area contributed by atoms with Crippen molar-refractivity contribution in [2.45, 2.75) is 23.3 Å². The molecule has 3 aromatic carbocycles. The van der Waals surface area contributed by atoms with Crippen LogP contribution in [0.25, 0.3) is 0 Å². The molecule has 0 aliphatic heterocycles. The van der Waals surface area contributed by atoms with Gasteiger partial charge in [0, 0.05) is 22.8 Å². The van der Waals surface area contributed by atoms with Crippen LogP contribution in [0, 0.1) is 12.7 Å². The van der Waals surface area contributed by atoms with Gasteiger partial charge in [-0.3, -0.25) is 4.79 Å². The Balaban J connectivity index is 1.90. The molecule has 1 amide bonds. The second-order valence-corrected chi connectivity index (χ2v) is 11.3. The van der Waals surface area contributed by atoms with Gasteiger partial charge in [0.25, 0.3) is 0 Å². The first-order chi connectivity index (χ1) is 15.9. The minimum absolute atomic E-state index is 0.0168. The van der Waals surface area contributed by atoms with Gasteiger partial charge in [-0.25, -0.2) is 26.4 Å². The van der Waals surface area contributed by atoms with Crippen molar-refractivity contribution in [3.63, 3.8) is 0 Å². The van der Waals surface area contributed by atoms with Gasteiger partial charge in [-0.2, -0.15) is 4.31 Å². The van der Waals surface area contributed by atoms with Crippen molar-refractivity contribution in [3.8, 4) is 0 Å². The molecule has 3 aromatic rings. The van der Waals surface area contributed by atoms with Crippen LogP contribution in [-0.4, -0.2) is 33.6 Å². The average molecular weight is 526 g/mol. The molecule has 12 heteroatoms. The Morgan fingerprint density at radius 1 is 0.971 bits per heavy atom. The second-order valence-electron chi connectivity index (χ2n) is 7.40. The monoisotopic (exact) mass is 525 g/mol. The smallest absolute Gasteiger partial charge is 0.243 e. The summed E-state index contributed by atoms with van der Waals surface area (Å²) >= 11 is 6.09. The molecule has 0 aromatic heterocycles. The SMILES string of the molecule is Cc1ccc(S(=O)(=O)N(CC(=O)Nc2ccc(S(N)(=O)=O)cc2)Cc2c(F)cccc2Cl)cc1. The number of sulfonamides is 2. The fraction of sp³-hybridized carbons (Fsp3) is 0.136. The predicted octanol–water partition coefficient (Wildman–Crippen LogP) is 3.26. The Hall–Kier alpha value is -2.83. The van der Waals surface area contributed by atoms with Gasteiger partial charge in [0.15, 0.2) is 0 Å². The highest BCUT2D eigenvalue weighted by molar-refractivity contribution is 7.89. The number of primary sulfonamides is 1. The number of aryl methyl sites for hydroxylation is 1. The Kier molecular flexibility index (Phi) is 7.74. The Morgan fingerprint density at radius 3 is 2.12 bits per heavy atom. The van der Waals surface area contributed by atoms with Crippen molar-refractivity contribution in [2.24, 2.45) is 5.14 Å². The van der Waals surface area contributed by atoms with Gasteiger partial charge in [-0.1, -0.05) is 35.4 Å². The first-order valence-electron chi connectivity index (χ1n) is 9.80. The van der Waals surface area contributed by atoms with E-state index in [4.69, 9.17) is 16.7 Å². The zero-order chi connectivity index (χ0) is 25.1. The van der Waals surface area contributed by atoms with Gasteiger partial charge < -0.3 is 5.32 Å². The molecule has 0 aliphatic rings. The van der Waals surface area contributed by atoms with Gasteiger partial charge in [-0.05, 0) is 55.5 Å². The van der Waals surface area contributed by atoms with Gasteiger partial charge in [0.1, 0.15) is 5.82 Å². The molecular formula is C22H21ClFN3O5S2. The van der Waals surface area contributed by atoms with E-state index < -0.39 is 44.9 Å². The normalized spacial score (nSPS) is 12.0. The van der Waals surface area contributed by atoms with Crippen molar-refractivity contribution >= 4 is 43.2 Å². The molecule has 0 spiro atoms. The number of amides is 1. The van der Waals surface area contributed by atoms with E-state index in [1.165, 1.54) is 48.5 Å². The summed E-state index contributed by atoms with van der Waals surface area (Å²) in [5, 5.41) is 7.56. The lowest BCUT2D eigenvalue weighted by Crippen LogP contribution is -2.38. The average Bonchev–Trinajstić information content (AvgIpc) is 2.75. The van der Waals surface area contributed by atoms with Crippen LogP contribution in [0.2, 0.25) is 5.02 Å². The number of halogens is 2. The number of hydrogen-bond acceptors (Lipinski definition) is 5. The minimum Gasteiger partial charge on any atom is -0.325 e. The standard InChI is InChI=1S/C22H21ClFN3O5S2/c1-15-5-9-18(10-6-15)34(31,32)27(13-19-20(23)3-2-4-21(19)24)14-22(28)26-16-7-11-17(12-8-16)33(25,29)30/h2-12H,13-14H2,1H3,(H,26,28)(H2,25,29,30). The molecule has 8 nitrogen and oxygen atoms in total. The van der Waals surface area contributed by atoms with Gasteiger partial charge in [-0.15, -0.1) is 0 Å². The lowest BCUT2D eigenvalue weighted by atomic mass is 10.2. The number of carbonyl (C=O) groups is 1. The fourth-order valence-corrected chi connectivity index (χ4v) is 5.14. The zero-order valence-corrected chi connectivity index (χ0v) is 20.3. The Bertz CT molecular complexity index is 1390.